The normalized spacial score (nSPS) is 17.1. The van der Waals surface area contributed by atoms with Crippen molar-refractivity contribution in [2.75, 3.05) is 25.5 Å². The first-order valence-corrected chi connectivity index (χ1v) is 10.1. The van der Waals surface area contributed by atoms with E-state index in [4.69, 9.17) is 0 Å². The Morgan fingerprint density at radius 1 is 1.29 bits per heavy atom. The summed E-state index contributed by atoms with van der Waals surface area (Å²) in [4.78, 5) is 25.4. The molecule has 3 aromatic rings. The monoisotopic (exact) mass is 397 g/mol. The lowest BCUT2D eigenvalue weighted by atomic mass is 10.2. The Labute approximate surface area is 167 Å². The molecule has 0 saturated carbocycles. The summed E-state index contributed by atoms with van der Waals surface area (Å²) in [6.07, 6.45) is 5.63. The highest BCUT2D eigenvalue weighted by Crippen LogP contribution is 2.22. The van der Waals surface area contributed by atoms with E-state index in [2.05, 4.69) is 24.3 Å². The molecule has 1 saturated heterocycles. The quantitative estimate of drug-likeness (QED) is 0.628. The number of likely N-dealkylation sites (tertiary alicyclic amines) is 1. The minimum absolute atomic E-state index is 0.0823. The van der Waals surface area contributed by atoms with Crippen molar-refractivity contribution in [3.8, 4) is 11.3 Å². The van der Waals surface area contributed by atoms with Crippen LogP contribution in [0.25, 0.3) is 11.3 Å². The van der Waals surface area contributed by atoms with Crippen LogP contribution in [0, 0.1) is 0 Å². The highest BCUT2D eigenvalue weighted by Gasteiger charge is 2.27. The van der Waals surface area contributed by atoms with E-state index in [1.54, 1.807) is 29.2 Å². The lowest BCUT2D eigenvalue weighted by molar-refractivity contribution is 0.213. The Kier molecular flexibility index (Phi) is 5.45. The molecule has 4 rings (SSSR count). The van der Waals surface area contributed by atoms with Crippen LogP contribution in [0.4, 0.5) is 5.13 Å². The Bertz CT molecular complexity index is 985. The van der Waals surface area contributed by atoms with Crippen molar-refractivity contribution in [1.82, 2.24) is 29.0 Å². The number of hydrogen-bond donors (Lipinski definition) is 0. The van der Waals surface area contributed by atoms with Crippen LogP contribution in [0.5, 0.6) is 0 Å². The second-order valence-electron chi connectivity index (χ2n) is 7.13. The van der Waals surface area contributed by atoms with E-state index in [1.807, 2.05) is 31.1 Å². The molecule has 1 aliphatic rings. The Morgan fingerprint density at radius 2 is 2.18 bits per heavy atom. The van der Waals surface area contributed by atoms with Crippen LogP contribution < -0.4 is 10.5 Å². The van der Waals surface area contributed by atoms with Gasteiger partial charge in [-0.15, -0.1) is 0 Å². The van der Waals surface area contributed by atoms with Crippen LogP contribution >= 0.6 is 11.5 Å². The molecular weight excluding hydrogens is 374 g/mol. The van der Waals surface area contributed by atoms with Crippen LogP contribution in [-0.2, 0) is 13.1 Å². The van der Waals surface area contributed by atoms with Gasteiger partial charge in [-0.2, -0.15) is 9.47 Å². The summed E-state index contributed by atoms with van der Waals surface area (Å²) in [5.74, 6) is 0.838. The van der Waals surface area contributed by atoms with E-state index >= 15 is 0 Å². The molecule has 0 radical (unpaired) electrons. The van der Waals surface area contributed by atoms with Gasteiger partial charge in [0.05, 0.1) is 18.8 Å². The van der Waals surface area contributed by atoms with Gasteiger partial charge in [-0.1, -0.05) is 0 Å². The fourth-order valence-corrected chi connectivity index (χ4v) is 4.02. The molecule has 0 bridgehead atoms. The molecule has 4 heterocycles. The smallest absolute Gasteiger partial charge is 0.266 e. The Morgan fingerprint density at radius 3 is 2.93 bits per heavy atom. The standard InChI is InChI=1S/C19H23N7OS/c1-24(2)19-21-17(23-28-19)13-25-10-4-6-15(25)12-26-18(27)8-7-16(22-26)14-5-3-9-20-11-14/h3,5,7-9,11,15H,4,6,10,12-13H2,1-2H3. The topological polar surface area (TPSA) is 80.0 Å². The van der Waals surface area contributed by atoms with Gasteiger partial charge in [-0.3, -0.25) is 14.7 Å². The molecule has 8 nitrogen and oxygen atoms in total. The van der Waals surface area contributed by atoms with Crippen LogP contribution in [-0.4, -0.2) is 55.7 Å². The number of anilines is 1. The van der Waals surface area contributed by atoms with Crippen molar-refractivity contribution < 1.29 is 0 Å². The predicted octanol–water partition coefficient (Wildman–Crippen LogP) is 1.89. The maximum Gasteiger partial charge on any atom is 0.266 e. The third-order valence-corrected chi connectivity index (χ3v) is 5.81. The summed E-state index contributed by atoms with van der Waals surface area (Å²) in [6.45, 7) is 2.25. The first-order valence-electron chi connectivity index (χ1n) is 9.32. The van der Waals surface area contributed by atoms with Crippen LogP contribution in [0.3, 0.4) is 0 Å². The van der Waals surface area contributed by atoms with Gasteiger partial charge in [-0.25, -0.2) is 9.67 Å². The van der Waals surface area contributed by atoms with Crippen molar-refractivity contribution in [2.45, 2.75) is 32.0 Å². The lowest BCUT2D eigenvalue weighted by Gasteiger charge is -2.23. The molecule has 1 fully saturated rings. The number of hydrogen-bond acceptors (Lipinski definition) is 8. The number of rotatable bonds is 6. The molecule has 0 aromatic carbocycles. The Balaban J connectivity index is 1.50. The van der Waals surface area contributed by atoms with E-state index in [-0.39, 0.29) is 11.6 Å². The molecule has 0 aliphatic carbocycles. The van der Waals surface area contributed by atoms with Crippen molar-refractivity contribution in [3.63, 3.8) is 0 Å². The summed E-state index contributed by atoms with van der Waals surface area (Å²) in [5.41, 5.74) is 1.58. The molecule has 1 aliphatic heterocycles. The average molecular weight is 398 g/mol. The third-order valence-electron chi connectivity index (χ3n) is 4.89. The van der Waals surface area contributed by atoms with Crippen molar-refractivity contribution in [1.29, 1.82) is 0 Å². The van der Waals surface area contributed by atoms with E-state index in [0.29, 0.717) is 13.1 Å². The molecule has 3 aromatic heterocycles. The second-order valence-corrected chi connectivity index (χ2v) is 7.87. The molecular formula is C19H23N7OS. The molecule has 0 amide bonds. The van der Waals surface area contributed by atoms with Gasteiger partial charge in [-0.05, 0) is 37.6 Å². The highest BCUT2D eigenvalue weighted by molar-refractivity contribution is 7.09. The van der Waals surface area contributed by atoms with Gasteiger partial charge < -0.3 is 4.90 Å². The van der Waals surface area contributed by atoms with Gasteiger partial charge in [0.2, 0.25) is 5.13 Å². The number of nitrogens with zero attached hydrogens (tertiary/aromatic N) is 7. The molecule has 1 atom stereocenters. The molecule has 0 N–H and O–H groups in total. The number of pyridine rings is 1. The van der Waals surface area contributed by atoms with E-state index in [9.17, 15) is 4.79 Å². The molecule has 0 spiro atoms. The minimum Gasteiger partial charge on any atom is -0.353 e. The lowest BCUT2D eigenvalue weighted by Crippen LogP contribution is -2.36. The summed E-state index contributed by atoms with van der Waals surface area (Å²) in [6, 6.07) is 7.40. The molecule has 9 heteroatoms. The Hall–Kier alpha value is -2.65. The fourth-order valence-electron chi connectivity index (χ4n) is 3.43. The first kappa shape index (κ1) is 18.7. The second kappa shape index (κ2) is 8.15. The zero-order valence-electron chi connectivity index (χ0n) is 16.0. The largest absolute Gasteiger partial charge is 0.353 e. The molecule has 146 valence electrons. The summed E-state index contributed by atoms with van der Waals surface area (Å²) in [5, 5.41) is 5.49. The van der Waals surface area contributed by atoms with Crippen molar-refractivity contribution in [3.05, 3.63) is 52.8 Å². The zero-order chi connectivity index (χ0) is 19.5. The van der Waals surface area contributed by atoms with Crippen LogP contribution in [0.1, 0.15) is 18.7 Å². The summed E-state index contributed by atoms with van der Waals surface area (Å²) < 4.78 is 6.04. The van der Waals surface area contributed by atoms with Crippen molar-refractivity contribution >= 4 is 16.7 Å². The van der Waals surface area contributed by atoms with Gasteiger partial charge in [0, 0.05) is 55.7 Å². The van der Waals surface area contributed by atoms with Crippen LogP contribution in [0.2, 0.25) is 0 Å². The van der Waals surface area contributed by atoms with Gasteiger partial charge in [0.1, 0.15) is 0 Å². The number of aromatic nitrogens is 5. The van der Waals surface area contributed by atoms with E-state index in [1.165, 1.54) is 11.5 Å². The fraction of sp³-hybridized carbons (Fsp3) is 0.421. The van der Waals surface area contributed by atoms with E-state index in [0.717, 1.165) is 41.6 Å². The minimum atomic E-state index is -0.0823. The third kappa shape index (κ3) is 4.10. The van der Waals surface area contributed by atoms with E-state index < -0.39 is 0 Å². The average Bonchev–Trinajstić information content (AvgIpc) is 3.34. The maximum atomic E-state index is 12.4. The van der Waals surface area contributed by atoms with Gasteiger partial charge in [0.15, 0.2) is 5.82 Å². The summed E-state index contributed by atoms with van der Waals surface area (Å²) >= 11 is 1.41. The van der Waals surface area contributed by atoms with Gasteiger partial charge >= 0.3 is 0 Å². The van der Waals surface area contributed by atoms with Gasteiger partial charge in [0.25, 0.3) is 5.56 Å². The SMILES string of the molecule is CN(C)c1nc(CN2CCCC2Cn2nc(-c3cccnc3)ccc2=O)ns1. The molecule has 1 unspecified atom stereocenters. The summed E-state index contributed by atoms with van der Waals surface area (Å²) in [7, 11) is 3.94. The highest BCUT2D eigenvalue weighted by atomic mass is 32.1. The zero-order valence-corrected chi connectivity index (χ0v) is 16.8. The predicted molar refractivity (Wildman–Crippen MR) is 109 cm³/mol. The molecule has 28 heavy (non-hydrogen) atoms. The maximum absolute atomic E-state index is 12.4. The first-order chi connectivity index (χ1) is 13.6. The van der Waals surface area contributed by atoms with Crippen molar-refractivity contribution in [2.24, 2.45) is 0 Å². The van der Waals surface area contributed by atoms with Crippen LogP contribution in [0.15, 0.2) is 41.5 Å².